The minimum atomic E-state index is -0.148. The summed E-state index contributed by atoms with van der Waals surface area (Å²) in [6.07, 6.45) is 1.45. The number of H-pyrrole nitrogens is 1. The van der Waals surface area contributed by atoms with Crippen molar-refractivity contribution in [1.29, 1.82) is 0 Å². The van der Waals surface area contributed by atoms with E-state index in [1.54, 1.807) is 6.07 Å². The van der Waals surface area contributed by atoms with Gasteiger partial charge in [-0.25, -0.2) is 14.6 Å². The van der Waals surface area contributed by atoms with E-state index in [0.29, 0.717) is 10.3 Å². The lowest BCUT2D eigenvalue weighted by Gasteiger charge is -2.16. The normalized spacial score (nSPS) is 11.8. The van der Waals surface area contributed by atoms with Gasteiger partial charge >= 0.3 is 0 Å². The van der Waals surface area contributed by atoms with Crippen LogP contribution in [0, 0.1) is 6.92 Å². The van der Waals surface area contributed by atoms with Crippen molar-refractivity contribution in [3.63, 3.8) is 0 Å². The van der Waals surface area contributed by atoms with Gasteiger partial charge in [0.1, 0.15) is 10.8 Å². The first-order valence-corrected chi connectivity index (χ1v) is 6.40. The zero-order chi connectivity index (χ0) is 13.5. The molecule has 0 fully saturated rings. The zero-order valence-electron chi connectivity index (χ0n) is 10.8. The Morgan fingerprint density at radius 3 is 2.50 bits per heavy atom. The van der Waals surface area contributed by atoms with Crippen LogP contribution in [0.4, 0.5) is 0 Å². The highest BCUT2D eigenvalue weighted by molar-refractivity contribution is 9.10. The van der Waals surface area contributed by atoms with Gasteiger partial charge in [0.05, 0.1) is 5.69 Å². The van der Waals surface area contributed by atoms with Crippen LogP contribution in [-0.2, 0) is 5.41 Å². The fraction of sp³-hybridized carbons (Fsp3) is 0.417. The SMILES string of the molecule is Cc1cc(-n2[nH]c(C(C)(C)C)c(Br)c2=O)ncn1. The third-order valence-electron chi connectivity index (χ3n) is 2.60. The predicted octanol–water partition coefficient (Wildman–Crippen LogP) is 2.32. The average Bonchev–Trinajstić information content (AvgIpc) is 2.55. The highest BCUT2D eigenvalue weighted by Gasteiger charge is 2.23. The zero-order valence-corrected chi connectivity index (χ0v) is 12.4. The van der Waals surface area contributed by atoms with Crippen molar-refractivity contribution < 1.29 is 0 Å². The molecule has 0 aliphatic carbocycles. The number of aromatic amines is 1. The maximum Gasteiger partial charge on any atom is 0.287 e. The van der Waals surface area contributed by atoms with Crippen molar-refractivity contribution in [3.05, 3.63) is 38.6 Å². The van der Waals surface area contributed by atoms with E-state index >= 15 is 0 Å². The largest absolute Gasteiger partial charge is 0.292 e. The van der Waals surface area contributed by atoms with Crippen LogP contribution in [0.2, 0.25) is 0 Å². The molecule has 2 heterocycles. The Labute approximate surface area is 113 Å². The summed E-state index contributed by atoms with van der Waals surface area (Å²) in [5.74, 6) is 0.545. The smallest absolute Gasteiger partial charge is 0.287 e. The summed E-state index contributed by atoms with van der Waals surface area (Å²) >= 11 is 3.34. The van der Waals surface area contributed by atoms with E-state index < -0.39 is 0 Å². The van der Waals surface area contributed by atoms with Crippen LogP contribution in [-0.4, -0.2) is 19.7 Å². The van der Waals surface area contributed by atoms with Crippen LogP contribution in [0.25, 0.3) is 5.82 Å². The quantitative estimate of drug-likeness (QED) is 0.879. The number of nitrogens with zero attached hydrogens (tertiary/aromatic N) is 3. The summed E-state index contributed by atoms with van der Waals surface area (Å²) in [6.45, 7) is 7.98. The number of aromatic nitrogens is 4. The Bertz CT molecular complexity index is 636. The molecule has 5 nitrogen and oxygen atoms in total. The van der Waals surface area contributed by atoms with Gasteiger partial charge in [0, 0.05) is 17.2 Å². The fourth-order valence-electron chi connectivity index (χ4n) is 1.64. The van der Waals surface area contributed by atoms with Crippen molar-refractivity contribution in [3.8, 4) is 5.82 Å². The molecule has 96 valence electrons. The predicted molar refractivity (Wildman–Crippen MR) is 73.1 cm³/mol. The van der Waals surface area contributed by atoms with E-state index in [1.807, 2.05) is 27.7 Å². The van der Waals surface area contributed by atoms with Crippen molar-refractivity contribution in [1.82, 2.24) is 19.7 Å². The third kappa shape index (κ3) is 2.25. The number of aryl methyl sites for hydroxylation is 1. The Kier molecular flexibility index (Phi) is 3.14. The van der Waals surface area contributed by atoms with Crippen molar-refractivity contribution in [2.24, 2.45) is 0 Å². The first kappa shape index (κ1) is 13.0. The minimum Gasteiger partial charge on any atom is -0.292 e. The molecule has 6 heteroatoms. The summed E-state index contributed by atoms with van der Waals surface area (Å²) in [4.78, 5) is 20.3. The molecule has 2 aromatic rings. The van der Waals surface area contributed by atoms with E-state index in [4.69, 9.17) is 0 Å². The van der Waals surface area contributed by atoms with Gasteiger partial charge in [0.2, 0.25) is 0 Å². The number of rotatable bonds is 1. The van der Waals surface area contributed by atoms with Gasteiger partial charge in [0.25, 0.3) is 5.56 Å². The summed E-state index contributed by atoms with van der Waals surface area (Å²) < 4.78 is 1.98. The van der Waals surface area contributed by atoms with Gasteiger partial charge in [0.15, 0.2) is 5.82 Å². The summed E-state index contributed by atoms with van der Waals surface area (Å²) in [7, 11) is 0. The molecule has 0 bridgehead atoms. The van der Waals surface area contributed by atoms with E-state index in [0.717, 1.165) is 11.4 Å². The average molecular weight is 311 g/mol. The summed E-state index contributed by atoms with van der Waals surface area (Å²) in [6, 6.07) is 1.76. The molecule has 0 radical (unpaired) electrons. The third-order valence-corrected chi connectivity index (χ3v) is 3.34. The summed E-state index contributed by atoms with van der Waals surface area (Å²) in [5, 5.41) is 3.10. The second-order valence-electron chi connectivity index (χ2n) is 5.21. The highest BCUT2D eigenvalue weighted by Crippen LogP contribution is 2.26. The van der Waals surface area contributed by atoms with Gasteiger partial charge in [-0.3, -0.25) is 9.89 Å². The van der Waals surface area contributed by atoms with Gasteiger partial charge < -0.3 is 0 Å². The lowest BCUT2D eigenvalue weighted by atomic mass is 9.93. The first-order valence-electron chi connectivity index (χ1n) is 5.60. The lowest BCUT2D eigenvalue weighted by molar-refractivity contribution is 0.556. The molecule has 0 atom stereocenters. The molecule has 1 N–H and O–H groups in total. The van der Waals surface area contributed by atoms with Gasteiger partial charge in [-0.1, -0.05) is 20.8 Å². The molecule has 0 saturated heterocycles. The Hall–Kier alpha value is -1.43. The number of hydrogen-bond acceptors (Lipinski definition) is 3. The molecule has 0 amide bonds. The van der Waals surface area contributed by atoms with Crippen molar-refractivity contribution in [2.45, 2.75) is 33.1 Å². The molecule has 0 unspecified atom stereocenters. The van der Waals surface area contributed by atoms with E-state index in [1.165, 1.54) is 11.0 Å². The van der Waals surface area contributed by atoms with Crippen LogP contribution in [0.3, 0.4) is 0 Å². The van der Waals surface area contributed by atoms with E-state index in [9.17, 15) is 4.79 Å². The van der Waals surface area contributed by atoms with E-state index in [-0.39, 0.29) is 11.0 Å². The van der Waals surface area contributed by atoms with Gasteiger partial charge in [-0.05, 0) is 22.9 Å². The molecule has 0 aliphatic rings. The lowest BCUT2D eigenvalue weighted by Crippen LogP contribution is -2.16. The van der Waals surface area contributed by atoms with E-state index in [2.05, 4.69) is 31.0 Å². The number of halogens is 1. The monoisotopic (exact) mass is 310 g/mol. The van der Waals surface area contributed by atoms with Crippen molar-refractivity contribution >= 4 is 15.9 Å². The van der Waals surface area contributed by atoms with Crippen molar-refractivity contribution in [2.75, 3.05) is 0 Å². The molecule has 2 rings (SSSR count). The molecule has 0 spiro atoms. The van der Waals surface area contributed by atoms with Gasteiger partial charge in [-0.2, -0.15) is 0 Å². The molecular formula is C12H15BrN4O. The Balaban J connectivity index is 2.64. The number of hydrogen-bond donors (Lipinski definition) is 1. The molecule has 0 aromatic carbocycles. The van der Waals surface area contributed by atoms with Crippen LogP contribution in [0.1, 0.15) is 32.2 Å². The molecule has 18 heavy (non-hydrogen) atoms. The van der Waals surface area contributed by atoms with Crippen LogP contribution >= 0.6 is 15.9 Å². The standard InChI is InChI=1S/C12H15BrN4O/c1-7-5-8(15-6-14-7)17-11(18)9(13)10(16-17)12(2,3)4/h5-6,16H,1-4H3. The second-order valence-corrected chi connectivity index (χ2v) is 6.00. The van der Waals surface area contributed by atoms with Crippen LogP contribution in [0.15, 0.2) is 21.7 Å². The van der Waals surface area contributed by atoms with Gasteiger partial charge in [-0.15, -0.1) is 0 Å². The Morgan fingerprint density at radius 1 is 1.33 bits per heavy atom. The molecule has 0 saturated carbocycles. The summed E-state index contributed by atoms with van der Waals surface area (Å²) in [5.41, 5.74) is 1.38. The highest BCUT2D eigenvalue weighted by atomic mass is 79.9. The maximum absolute atomic E-state index is 12.2. The molecule has 2 aromatic heterocycles. The van der Waals surface area contributed by atoms with Crippen LogP contribution in [0.5, 0.6) is 0 Å². The Morgan fingerprint density at radius 2 is 2.00 bits per heavy atom. The number of nitrogens with one attached hydrogen (secondary N) is 1. The van der Waals surface area contributed by atoms with Crippen LogP contribution < -0.4 is 5.56 Å². The first-order chi connectivity index (χ1) is 8.30. The molecule has 0 aliphatic heterocycles. The topological polar surface area (TPSA) is 63.6 Å². The molecular weight excluding hydrogens is 296 g/mol. The second kappa shape index (κ2) is 4.35. The minimum absolute atomic E-state index is 0.141. The maximum atomic E-state index is 12.2. The fourth-order valence-corrected chi connectivity index (χ4v) is 2.50.